The molecule has 0 saturated heterocycles. The van der Waals surface area contributed by atoms with E-state index < -0.39 is 5.91 Å². The second kappa shape index (κ2) is 6.93. The average molecular weight is 282 g/mol. The van der Waals surface area contributed by atoms with Gasteiger partial charge in [-0.05, 0) is 50.5 Å². The van der Waals surface area contributed by atoms with E-state index in [1.807, 2.05) is 12.1 Å². The first-order valence-electron chi connectivity index (χ1n) is 7.26. The number of carbonyl (C=O) groups is 1. The Morgan fingerprint density at radius 2 is 1.95 bits per heavy atom. The van der Waals surface area contributed by atoms with Crippen LogP contribution in [-0.2, 0) is 6.42 Å². The van der Waals surface area contributed by atoms with Crippen LogP contribution in [0.25, 0.3) is 0 Å². The molecule has 1 amide bonds. The molecule has 0 heterocycles. The normalized spacial score (nSPS) is 11.9. The predicted molar refractivity (Wildman–Crippen MR) is 87.5 cm³/mol. The Kier molecular flexibility index (Phi) is 4.99. The smallest absolute Gasteiger partial charge is 0.248 e. The fraction of sp³-hybridized carbons (Fsp3) is 0.278. The Labute approximate surface area is 126 Å². The van der Waals surface area contributed by atoms with Crippen molar-refractivity contribution in [2.24, 2.45) is 5.73 Å². The van der Waals surface area contributed by atoms with E-state index in [-0.39, 0.29) is 0 Å². The molecule has 3 N–H and O–H groups in total. The summed E-state index contributed by atoms with van der Waals surface area (Å²) in [5.74, 6) is -0.397. The minimum absolute atomic E-state index is 0.327. The number of nitrogens with two attached hydrogens (primary N) is 1. The molecule has 0 aliphatic carbocycles. The summed E-state index contributed by atoms with van der Waals surface area (Å²) in [7, 11) is 0. The third kappa shape index (κ3) is 4.63. The van der Waals surface area contributed by atoms with E-state index in [4.69, 9.17) is 5.73 Å². The summed E-state index contributed by atoms with van der Waals surface area (Å²) < 4.78 is 0. The van der Waals surface area contributed by atoms with Crippen LogP contribution in [0, 0.1) is 6.92 Å². The Hall–Kier alpha value is -2.29. The van der Waals surface area contributed by atoms with Gasteiger partial charge in [-0.2, -0.15) is 0 Å². The lowest BCUT2D eigenvalue weighted by atomic mass is 10.0. The van der Waals surface area contributed by atoms with Gasteiger partial charge in [-0.25, -0.2) is 0 Å². The first-order valence-corrected chi connectivity index (χ1v) is 7.26. The summed E-state index contributed by atoms with van der Waals surface area (Å²) in [5.41, 5.74) is 9.41. The molecule has 0 radical (unpaired) electrons. The van der Waals surface area contributed by atoms with Crippen LogP contribution in [0.5, 0.6) is 0 Å². The van der Waals surface area contributed by atoms with Crippen molar-refractivity contribution >= 4 is 11.6 Å². The fourth-order valence-electron chi connectivity index (χ4n) is 2.37. The van der Waals surface area contributed by atoms with Crippen molar-refractivity contribution in [2.75, 3.05) is 5.32 Å². The van der Waals surface area contributed by atoms with Gasteiger partial charge in [-0.3, -0.25) is 4.79 Å². The number of nitrogens with one attached hydrogen (secondary N) is 1. The number of amides is 1. The van der Waals surface area contributed by atoms with Crippen LogP contribution >= 0.6 is 0 Å². The van der Waals surface area contributed by atoms with Crippen LogP contribution in [-0.4, -0.2) is 11.9 Å². The summed E-state index contributed by atoms with van der Waals surface area (Å²) in [6, 6.07) is 16.2. The number of benzene rings is 2. The molecule has 2 aromatic rings. The molecule has 0 bridgehead atoms. The molecule has 0 saturated carbocycles. The van der Waals surface area contributed by atoms with Crippen LogP contribution in [0.3, 0.4) is 0 Å². The summed E-state index contributed by atoms with van der Waals surface area (Å²) in [6.45, 7) is 4.26. The lowest BCUT2D eigenvalue weighted by Crippen LogP contribution is -2.17. The molecule has 1 atom stereocenters. The number of carbonyl (C=O) groups excluding carboxylic acids is 1. The molecule has 0 aliphatic rings. The van der Waals surface area contributed by atoms with Crippen molar-refractivity contribution in [3.8, 4) is 0 Å². The molecular weight excluding hydrogens is 260 g/mol. The molecule has 0 aromatic heterocycles. The van der Waals surface area contributed by atoms with Gasteiger partial charge in [0.15, 0.2) is 0 Å². The average Bonchev–Trinajstić information content (AvgIpc) is 2.45. The third-order valence-electron chi connectivity index (χ3n) is 3.51. The van der Waals surface area contributed by atoms with Gasteiger partial charge in [0.1, 0.15) is 0 Å². The number of anilines is 1. The monoisotopic (exact) mass is 282 g/mol. The van der Waals surface area contributed by atoms with Gasteiger partial charge < -0.3 is 11.1 Å². The van der Waals surface area contributed by atoms with E-state index in [9.17, 15) is 4.79 Å². The van der Waals surface area contributed by atoms with Crippen molar-refractivity contribution in [1.29, 1.82) is 0 Å². The third-order valence-corrected chi connectivity index (χ3v) is 3.51. The van der Waals surface area contributed by atoms with Crippen molar-refractivity contribution in [2.45, 2.75) is 32.7 Å². The zero-order valence-electron chi connectivity index (χ0n) is 12.6. The second-order valence-electron chi connectivity index (χ2n) is 5.52. The van der Waals surface area contributed by atoms with Crippen molar-refractivity contribution in [3.05, 3.63) is 65.2 Å². The Morgan fingerprint density at radius 1 is 1.19 bits per heavy atom. The molecule has 21 heavy (non-hydrogen) atoms. The molecule has 0 fully saturated rings. The van der Waals surface area contributed by atoms with Crippen LogP contribution < -0.4 is 11.1 Å². The summed E-state index contributed by atoms with van der Waals surface area (Å²) in [6.07, 6.45) is 2.07. The highest BCUT2D eigenvalue weighted by Gasteiger charge is 2.05. The van der Waals surface area contributed by atoms with Gasteiger partial charge in [0.25, 0.3) is 0 Å². The van der Waals surface area contributed by atoms with Crippen LogP contribution in [0.15, 0.2) is 48.5 Å². The van der Waals surface area contributed by atoms with Crippen LogP contribution in [0.1, 0.15) is 34.8 Å². The minimum Gasteiger partial charge on any atom is -0.383 e. The van der Waals surface area contributed by atoms with Gasteiger partial charge in [-0.1, -0.05) is 35.9 Å². The van der Waals surface area contributed by atoms with E-state index in [1.165, 1.54) is 11.1 Å². The molecule has 0 spiro atoms. The molecule has 3 heteroatoms. The standard InChI is InChI=1S/C18H22N2O/c1-13-5-3-6-15(11-13)10-9-14(2)20-17-8-4-7-16(12-17)18(19)21/h3-8,11-12,14,20H,9-10H2,1-2H3,(H2,19,21)/t14-/m1/s1. The lowest BCUT2D eigenvalue weighted by molar-refractivity contribution is 0.100. The first kappa shape index (κ1) is 15.1. The van der Waals surface area contributed by atoms with E-state index in [0.29, 0.717) is 11.6 Å². The quantitative estimate of drug-likeness (QED) is 0.851. The topological polar surface area (TPSA) is 55.1 Å². The molecule has 2 aromatic carbocycles. The number of aryl methyl sites for hydroxylation is 2. The maximum atomic E-state index is 11.2. The highest BCUT2D eigenvalue weighted by molar-refractivity contribution is 5.93. The summed E-state index contributed by atoms with van der Waals surface area (Å²) >= 11 is 0. The second-order valence-corrected chi connectivity index (χ2v) is 5.52. The van der Waals surface area contributed by atoms with Gasteiger partial charge in [0, 0.05) is 17.3 Å². The largest absolute Gasteiger partial charge is 0.383 e. The molecule has 3 nitrogen and oxygen atoms in total. The molecule has 0 aliphatic heterocycles. The fourth-order valence-corrected chi connectivity index (χ4v) is 2.37. The number of primary amides is 1. The highest BCUT2D eigenvalue weighted by atomic mass is 16.1. The van der Waals surface area contributed by atoms with Gasteiger partial charge in [0.2, 0.25) is 5.91 Å². The first-order chi connectivity index (χ1) is 10.0. The molecular formula is C18H22N2O. The Bertz CT molecular complexity index is 622. The van der Waals surface area contributed by atoms with Crippen LogP contribution in [0.2, 0.25) is 0 Å². The Morgan fingerprint density at radius 3 is 2.67 bits per heavy atom. The SMILES string of the molecule is Cc1cccc(CC[C@@H](C)Nc2cccc(C(N)=O)c2)c1. The molecule has 2 rings (SSSR count). The summed E-state index contributed by atoms with van der Waals surface area (Å²) in [5, 5.41) is 3.41. The maximum Gasteiger partial charge on any atom is 0.248 e. The van der Waals surface area contributed by atoms with Gasteiger partial charge in [-0.15, -0.1) is 0 Å². The van der Waals surface area contributed by atoms with E-state index >= 15 is 0 Å². The Balaban J connectivity index is 1.91. The lowest BCUT2D eigenvalue weighted by Gasteiger charge is -2.16. The van der Waals surface area contributed by atoms with Crippen LogP contribution in [0.4, 0.5) is 5.69 Å². The van der Waals surface area contributed by atoms with Crippen molar-refractivity contribution < 1.29 is 4.79 Å². The van der Waals surface area contributed by atoms with Crippen molar-refractivity contribution in [3.63, 3.8) is 0 Å². The van der Waals surface area contributed by atoms with Gasteiger partial charge in [0.05, 0.1) is 0 Å². The number of hydrogen-bond acceptors (Lipinski definition) is 2. The number of rotatable bonds is 6. The maximum absolute atomic E-state index is 11.2. The number of hydrogen-bond donors (Lipinski definition) is 2. The van der Waals surface area contributed by atoms with Crippen molar-refractivity contribution in [1.82, 2.24) is 0 Å². The highest BCUT2D eigenvalue weighted by Crippen LogP contribution is 2.14. The van der Waals surface area contributed by atoms with Gasteiger partial charge >= 0.3 is 0 Å². The zero-order chi connectivity index (χ0) is 15.2. The zero-order valence-corrected chi connectivity index (χ0v) is 12.6. The molecule has 0 unspecified atom stereocenters. The minimum atomic E-state index is -0.397. The van der Waals surface area contributed by atoms with E-state index in [0.717, 1.165) is 18.5 Å². The van der Waals surface area contributed by atoms with E-state index in [2.05, 4.69) is 43.4 Å². The van der Waals surface area contributed by atoms with E-state index in [1.54, 1.807) is 12.1 Å². The predicted octanol–water partition coefficient (Wildman–Crippen LogP) is 3.53. The summed E-state index contributed by atoms with van der Waals surface area (Å²) in [4.78, 5) is 11.2. The molecule has 110 valence electrons.